The highest BCUT2D eigenvalue weighted by Crippen LogP contribution is 2.45. The lowest BCUT2D eigenvalue weighted by atomic mass is 9.64. The Morgan fingerprint density at radius 2 is 2.17 bits per heavy atom. The standard InChI is InChI=1S/C16H21ClN6O/c1-11(14-20-21-22-23(14)2)19-15(24)18-10-16(8-5-9-16)12-6-3-4-7-13(12)17/h3-4,6-7,11H,5,8-10H2,1-2H3,(H2,18,19,24). The Bertz CT molecular complexity index is 727. The molecule has 1 fully saturated rings. The van der Waals surface area contributed by atoms with Crippen molar-refractivity contribution in [2.45, 2.75) is 37.6 Å². The zero-order chi connectivity index (χ0) is 17.2. The van der Waals surface area contributed by atoms with E-state index in [1.807, 2.05) is 25.1 Å². The minimum atomic E-state index is -0.275. The highest BCUT2D eigenvalue weighted by atomic mass is 35.5. The van der Waals surface area contributed by atoms with E-state index in [4.69, 9.17) is 11.6 Å². The summed E-state index contributed by atoms with van der Waals surface area (Å²) in [6.07, 6.45) is 3.20. The van der Waals surface area contributed by atoms with Crippen LogP contribution in [0.1, 0.15) is 43.6 Å². The number of aromatic nitrogens is 4. The Balaban J connectivity index is 1.61. The monoisotopic (exact) mass is 348 g/mol. The summed E-state index contributed by atoms with van der Waals surface area (Å²) in [4.78, 5) is 12.2. The number of carbonyl (C=O) groups is 1. The molecule has 1 heterocycles. The molecule has 1 aliphatic carbocycles. The molecule has 0 bridgehead atoms. The van der Waals surface area contributed by atoms with Crippen LogP contribution in [0.5, 0.6) is 0 Å². The average molecular weight is 349 g/mol. The molecule has 1 unspecified atom stereocenters. The van der Waals surface area contributed by atoms with Gasteiger partial charge < -0.3 is 10.6 Å². The van der Waals surface area contributed by atoms with Crippen molar-refractivity contribution in [3.05, 3.63) is 40.7 Å². The van der Waals surface area contributed by atoms with Crippen LogP contribution in [-0.4, -0.2) is 32.8 Å². The predicted molar refractivity (Wildman–Crippen MR) is 90.7 cm³/mol. The summed E-state index contributed by atoms with van der Waals surface area (Å²) >= 11 is 6.35. The Morgan fingerprint density at radius 1 is 1.42 bits per heavy atom. The number of nitrogens with zero attached hydrogens (tertiary/aromatic N) is 4. The van der Waals surface area contributed by atoms with Crippen LogP contribution in [0.4, 0.5) is 4.79 Å². The van der Waals surface area contributed by atoms with E-state index in [2.05, 4.69) is 32.2 Å². The van der Waals surface area contributed by atoms with Gasteiger partial charge in [-0.25, -0.2) is 9.48 Å². The molecule has 1 aromatic heterocycles. The van der Waals surface area contributed by atoms with Crippen molar-refractivity contribution in [1.82, 2.24) is 30.8 Å². The number of hydrogen-bond acceptors (Lipinski definition) is 4. The molecule has 0 saturated heterocycles. The van der Waals surface area contributed by atoms with Gasteiger partial charge in [0.1, 0.15) is 0 Å². The first kappa shape index (κ1) is 16.7. The van der Waals surface area contributed by atoms with Crippen molar-refractivity contribution in [2.24, 2.45) is 7.05 Å². The van der Waals surface area contributed by atoms with Crippen molar-refractivity contribution >= 4 is 17.6 Å². The number of aryl methyl sites for hydroxylation is 1. The zero-order valence-electron chi connectivity index (χ0n) is 13.8. The number of benzene rings is 1. The maximum Gasteiger partial charge on any atom is 0.315 e. The summed E-state index contributed by atoms with van der Waals surface area (Å²) in [5, 5.41) is 17.9. The second-order valence-electron chi connectivity index (χ2n) is 6.32. The Kier molecular flexibility index (Phi) is 4.71. The first-order chi connectivity index (χ1) is 11.5. The first-order valence-corrected chi connectivity index (χ1v) is 8.41. The van der Waals surface area contributed by atoms with E-state index >= 15 is 0 Å². The van der Waals surface area contributed by atoms with Crippen molar-refractivity contribution in [3.8, 4) is 0 Å². The van der Waals surface area contributed by atoms with Crippen LogP contribution in [0.2, 0.25) is 5.02 Å². The van der Waals surface area contributed by atoms with E-state index in [9.17, 15) is 4.79 Å². The zero-order valence-corrected chi connectivity index (χ0v) is 14.5. The summed E-state index contributed by atoms with van der Waals surface area (Å²) in [5.74, 6) is 0.606. The molecule has 1 aliphatic rings. The van der Waals surface area contributed by atoms with Gasteiger partial charge in [-0.1, -0.05) is 36.2 Å². The van der Waals surface area contributed by atoms with Gasteiger partial charge in [-0.05, 0) is 41.8 Å². The molecule has 1 aromatic carbocycles. The van der Waals surface area contributed by atoms with Gasteiger partial charge in [0.25, 0.3) is 0 Å². The molecule has 1 saturated carbocycles. The summed E-state index contributed by atoms with van der Waals surface area (Å²) in [7, 11) is 1.74. The minimum Gasteiger partial charge on any atom is -0.337 e. The number of hydrogen-bond donors (Lipinski definition) is 2. The number of amides is 2. The van der Waals surface area contributed by atoms with Crippen molar-refractivity contribution < 1.29 is 4.79 Å². The minimum absolute atomic E-state index is 0.0642. The summed E-state index contributed by atoms with van der Waals surface area (Å²) in [6.45, 7) is 2.41. The first-order valence-electron chi connectivity index (χ1n) is 8.03. The molecule has 0 aliphatic heterocycles. The van der Waals surface area contributed by atoms with Crippen LogP contribution < -0.4 is 10.6 Å². The molecule has 1 atom stereocenters. The molecule has 2 amide bonds. The largest absolute Gasteiger partial charge is 0.337 e. The third-order valence-electron chi connectivity index (χ3n) is 4.73. The van der Waals surface area contributed by atoms with Crippen LogP contribution in [0.25, 0.3) is 0 Å². The molecule has 2 N–H and O–H groups in total. The fraction of sp³-hybridized carbons (Fsp3) is 0.500. The van der Waals surface area contributed by atoms with Crippen molar-refractivity contribution in [2.75, 3.05) is 6.54 Å². The highest BCUT2D eigenvalue weighted by molar-refractivity contribution is 6.31. The van der Waals surface area contributed by atoms with Crippen molar-refractivity contribution in [3.63, 3.8) is 0 Å². The van der Waals surface area contributed by atoms with E-state index in [1.54, 1.807) is 11.7 Å². The van der Waals surface area contributed by atoms with E-state index in [0.29, 0.717) is 12.4 Å². The second-order valence-corrected chi connectivity index (χ2v) is 6.73. The Hall–Kier alpha value is -2.15. The smallest absolute Gasteiger partial charge is 0.315 e. The Morgan fingerprint density at radius 3 is 2.75 bits per heavy atom. The topological polar surface area (TPSA) is 84.7 Å². The van der Waals surface area contributed by atoms with Gasteiger partial charge >= 0.3 is 6.03 Å². The Labute approximate surface area is 145 Å². The summed E-state index contributed by atoms with van der Waals surface area (Å²) in [5.41, 5.74) is 1.05. The van der Waals surface area contributed by atoms with E-state index in [-0.39, 0.29) is 17.5 Å². The fourth-order valence-electron chi connectivity index (χ4n) is 3.20. The lowest BCUT2D eigenvalue weighted by Gasteiger charge is -2.43. The normalized spacial score (nSPS) is 17.0. The van der Waals surface area contributed by atoms with Crippen LogP contribution in [0.3, 0.4) is 0 Å². The van der Waals surface area contributed by atoms with Gasteiger partial charge in [-0.15, -0.1) is 5.10 Å². The molecule has 7 nitrogen and oxygen atoms in total. The third kappa shape index (κ3) is 3.21. The average Bonchev–Trinajstić information content (AvgIpc) is 2.94. The fourth-order valence-corrected chi connectivity index (χ4v) is 3.54. The second kappa shape index (κ2) is 6.76. The number of tetrazole rings is 1. The molecule has 128 valence electrons. The predicted octanol–water partition coefficient (Wildman–Crippen LogP) is 2.35. The van der Waals surface area contributed by atoms with Crippen LogP contribution >= 0.6 is 11.6 Å². The molecule has 0 spiro atoms. The molecule has 8 heteroatoms. The molecule has 0 radical (unpaired) electrons. The van der Waals surface area contributed by atoms with Crippen LogP contribution in [0.15, 0.2) is 24.3 Å². The van der Waals surface area contributed by atoms with E-state index in [0.717, 1.165) is 29.8 Å². The summed E-state index contributed by atoms with van der Waals surface area (Å²) in [6, 6.07) is 7.36. The van der Waals surface area contributed by atoms with Gasteiger partial charge in [-0.3, -0.25) is 0 Å². The van der Waals surface area contributed by atoms with E-state index < -0.39 is 0 Å². The molecule has 3 rings (SSSR count). The molecule has 2 aromatic rings. The lowest BCUT2D eigenvalue weighted by molar-refractivity contribution is 0.212. The number of nitrogens with one attached hydrogen (secondary N) is 2. The molecule has 24 heavy (non-hydrogen) atoms. The number of urea groups is 1. The lowest BCUT2D eigenvalue weighted by Crippen LogP contribution is -2.48. The molecular formula is C16H21ClN6O. The van der Waals surface area contributed by atoms with Gasteiger partial charge in [-0.2, -0.15) is 0 Å². The quantitative estimate of drug-likeness (QED) is 0.868. The maximum atomic E-state index is 12.2. The van der Waals surface area contributed by atoms with Gasteiger partial charge in [0.2, 0.25) is 0 Å². The number of carbonyl (C=O) groups excluding carboxylic acids is 1. The van der Waals surface area contributed by atoms with Crippen LogP contribution in [-0.2, 0) is 12.5 Å². The van der Waals surface area contributed by atoms with E-state index in [1.165, 1.54) is 0 Å². The van der Waals surface area contributed by atoms with Crippen molar-refractivity contribution in [1.29, 1.82) is 0 Å². The van der Waals surface area contributed by atoms with Crippen LogP contribution in [0, 0.1) is 0 Å². The molecular weight excluding hydrogens is 328 g/mol. The highest BCUT2D eigenvalue weighted by Gasteiger charge is 2.40. The van der Waals surface area contributed by atoms with Gasteiger partial charge in [0, 0.05) is 24.0 Å². The third-order valence-corrected chi connectivity index (χ3v) is 5.06. The van der Waals surface area contributed by atoms with Gasteiger partial charge in [0.15, 0.2) is 5.82 Å². The number of rotatable bonds is 5. The SMILES string of the molecule is CC(NC(=O)NCC1(c2ccccc2Cl)CCC1)c1nnnn1C. The van der Waals surface area contributed by atoms with Gasteiger partial charge in [0.05, 0.1) is 6.04 Å². The maximum absolute atomic E-state index is 12.2. The summed E-state index contributed by atoms with van der Waals surface area (Å²) < 4.78 is 1.54. The number of halogens is 1.